The Labute approximate surface area is 87.3 Å². The number of hydrogen-bond acceptors (Lipinski definition) is 3. The molecule has 0 saturated heterocycles. The van der Waals surface area contributed by atoms with E-state index in [4.69, 9.17) is 0 Å². The fourth-order valence-electron chi connectivity index (χ4n) is 1.25. The lowest BCUT2D eigenvalue weighted by Crippen LogP contribution is -2.27. The number of halogens is 1. The standard InChI is InChI=1S/C11H12FNO2/c1-11(12,10(15)3-2-8-14)9-4-6-13-7-5-9/h4-8H,2-3H2,1H3/t11-/m1/s1. The normalized spacial score (nSPS) is 14.3. The number of nitrogens with zero attached hydrogens (tertiary/aromatic N) is 1. The summed E-state index contributed by atoms with van der Waals surface area (Å²) in [6, 6.07) is 2.91. The van der Waals surface area contributed by atoms with Gasteiger partial charge in [-0.25, -0.2) is 4.39 Å². The molecule has 0 N–H and O–H groups in total. The Balaban J connectivity index is 2.82. The Morgan fingerprint density at radius 3 is 2.67 bits per heavy atom. The van der Waals surface area contributed by atoms with Gasteiger partial charge < -0.3 is 4.79 Å². The van der Waals surface area contributed by atoms with E-state index in [0.717, 1.165) is 0 Å². The SMILES string of the molecule is C[C@](F)(C(=O)CCC=O)c1ccncc1. The number of aromatic nitrogens is 1. The van der Waals surface area contributed by atoms with E-state index in [9.17, 15) is 14.0 Å². The molecule has 1 aromatic rings. The van der Waals surface area contributed by atoms with Crippen LogP contribution in [0.2, 0.25) is 0 Å². The lowest BCUT2D eigenvalue weighted by Gasteiger charge is -2.18. The molecule has 0 aromatic carbocycles. The van der Waals surface area contributed by atoms with E-state index in [2.05, 4.69) is 4.98 Å². The summed E-state index contributed by atoms with van der Waals surface area (Å²) in [7, 11) is 0. The van der Waals surface area contributed by atoms with E-state index in [-0.39, 0.29) is 18.4 Å². The molecule has 0 saturated carbocycles. The Hall–Kier alpha value is -1.58. The highest BCUT2D eigenvalue weighted by Crippen LogP contribution is 2.27. The monoisotopic (exact) mass is 209 g/mol. The number of alkyl halides is 1. The van der Waals surface area contributed by atoms with E-state index in [1.54, 1.807) is 0 Å². The first-order valence-electron chi connectivity index (χ1n) is 4.65. The van der Waals surface area contributed by atoms with Crippen molar-refractivity contribution in [1.29, 1.82) is 0 Å². The highest BCUT2D eigenvalue weighted by Gasteiger charge is 2.33. The molecule has 15 heavy (non-hydrogen) atoms. The number of carbonyl (C=O) groups is 2. The molecule has 0 fully saturated rings. The first-order valence-corrected chi connectivity index (χ1v) is 4.65. The number of hydrogen-bond donors (Lipinski definition) is 0. The lowest BCUT2D eigenvalue weighted by atomic mass is 9.92. The summed E-state index contributed by atoms with van der Waals surface area (Å²) >= 11 is 0. The van der Waals surface area contributed by atoms with Crippen molar-refractivity contribution in [3.05, 3.63) is 30.1 Å². The zero-order valence-electron chi connectivity index (χ0n) is 8.44. The Bertz CT molecular complexity index is 349. The second-order valence-electron chi connectivity index (χ2n) is 3.37. The van der Waals surface area contributed by atoms with Gasteiger partial charge in [-0.1, -0.05) is 0 Å². The molecule has 80 valence electrons. The minimum atomic E-state index is -2.04. The topological polar surface area (TPSA) is 47.0 Å². The molecule has 0 aliphatic heterocycles. The Morgan fingerprint density at radius 1 is 1.53 bits per heavy atom. The molecule has 0 bridgehead atoms. The van der Waals surface area contributed by atoms with Gasteiger partial charge >= 0.3 is 0 Å². The summed E-state index contributed by atoms with van der Waals surface area (Å²) in [5.74, 6) is -0.583. The van der Waals surface area contributed by atoms with E-state index in [0.29, 0.717) is 6.29 Å². The second-order valence-corrected chi connectivity index (χ2v) is 3.37. The summed E-state index contributed by atoms with van der Waals surface area (Å²) in [5.41, 5.74) is -1.76. The summed E-state index contributed by atoms with van der Waals surface area (Å²) in [6.07, 6.45) is 3.46. The van der Waals surface area contributed by atoms with Crippen molar-refractivity contribution in [1.82, 2.24) is 4.98 Å². The van der Waals surface area contributed by atoms with Crippen molar-refractivity contribution in [2.24, 2.45) is 0 Å². The largest absolute Gasteiger partial charge is 0.303 e. The maximum Gasteiger partial charge on any atom is 0.191 e. The molecule has 1 aromatic heterocycles. The van der Waals surface area contributed by atoms with Crippen LogP contribution in [0.5, 0.6) is 0 Å². The molecule has 1 rings (SSSR count). The van der Waals surface area contributed by atoms with Crippen LogP contribution in [0.25, 0.3) is 0 Å². The molecule has 0 aliphatic rings. The van der Waals surface area contributed by atoms with Crippen LogP contribution in [-0.2, 0) is 15.3 Å². The Kier molecular flexibility index (Phi) is 3.66. The smallest absolute Gasteiger partial charge is 0.191 e. The van der Waals surface area contributed by atoms with Gasteiger partial charge in [-0.15, -0.1) is 0 Å². The summed E-state index contributed by atoms with van der Waals surface area (Å²) in [6.45, 7) is 1.20. The zero-order chi connectivity index (χ0) is 11.3. The molecule has 0 radical (unpaired) electrons. The molecule has 0 aliphatic carbocycles. The van der Waals surface area contributed by atoms with Crippen molar-refractivity contribution in [2.45, 2.75) is 25.4 Å². The van der Waals surface area contributed by atoms with E-state index in [1.165, 1.54) is 31.5 Å². The van der Waals surface area contributed by atoms with Crippen LogP contribution in [0, 0.1) is 0 Å². The fraction of sp³-hybridized carbons (Fsp3) is 0.364. The maximum absolute atomic E-state index is 14.0. The summed E-state index contributed by atoms with van der Waals surface area (Å²) in [5, 5.41) is 0. The van der Waals surface area contributed by atoms with Gasteiger partial charge in [0.05, 0.1) is 0 Å². The quantitative estimate of drug-likeness (QED) is 0.695. The van der Waals surface area contributed by atoms with Gasteiger partial charge in [-0.2, -0.15) is 0 Å². The van der Waals surface area contributed by atoms with E-state index in [1.807, 2.05) is 0 Å². The average Bonchev–Trinajstić information content (AvgIpc) is 2.27. The summed E-state index contributed by atoms with van der Waals surface area (Å²) < 4.78 is 14.0. The second kappa shape index (κ2) is 4.77. The highest BCUT2D eigenvalue weighted by atomic mass is 19.1. The van der Waals surface area contributed by atoms with E-state index >= 15 is 0 Å². The summed E-state index contributed by atoms with van der Waals surface area (Å²) in [4.78, 5) is 25.3. The molecular weight excluding hydrogens is 197 g/mol. The van der Waals surface area contributed by atoms with Crippen LogP contribution in [0.3, 0.4) is 0 Å². The van der Waals surface area contributed by atoms with Crippen molar-refractivity contribution < 1.29 is 14.0 Å². The van der Waals surface area contributed by atoms with Gasteiger partial charge in [0.2, 0.25) is 0 Å². The number of rotatable bonds is 5. The number of pyridine rings is 1. The third-order valence-corrected chi connectivity index (χ3v) is 2.24. The van der Waals surface area contributed by atoms with Crippen LogP contribution in [0.1, 0.15) is 25.3 Å². The predicted octanol–water partition coefficient (Wildman–Crippen LogP) is 1.81. The average molecular weight is 209 g/mol. The molecule has 0 amide bonds. The third kappa shape index (κ3) is 2.68. The molecule has 3 nitrogen and oxygen atoms in total. The molecule has 0 spiro atoms. The van der Waals surface area contributed by atoms with Gasteiger partial charge in [0.25, 0.3) is 0 Å². The molecule has 0 unspecified atom stereocenters. The maximum atomic E-state index is 14.0. The van der Waals surface area contributed by atoms with Crippen molar-refractivity contribution in [2.75, 3.05) is 0 Å². The number of carbonyl (C=O) groups excluding carboxylic acids is 2. The number of aldehydes is 1. The first kappa shape index (κ1) is 11.5. The molecule has 1 atom stereocenters. The minimum absolute atomic E-state index is 0.0590. The predicted molar refractivity (Wildman–Crippen MR) is 53.0 cm³/mol. The lowest BCUT2D eigenvalue weighted by molar-refractivity contribution is -0.131. The van der Waals surface area contributed by atoms with Gasteiger partial charge in [0, 0.05) is 25.2 Å². The molecule has 4 heteroatoms. The highest BCUT2D eigenvalue weighted by molar-refractivity contribution is 5.89. The third-order valence-electron chi connectivity index (χ3n) is 2.24. The van der Waals surface area contributed by atoms with Gasteiger partial charge in [-0.05, 0) is 24.6 Å². The minimum Gasteiger partial charge on any atom is -0.303 e. The number of ketones is 1. The van der Waals surface area contributed by atoms with Crippen LogP contribution < -0.4 is 0 Å². The van der Waals surface area contributed by atoms with Crippen molar-refractivity contribution in [3.8, 4) is 0 Å². The zero-order valence-corrected chi connectivity index (χ0v) is 8.44. The van der Waals surface area contributed by atoms with Crippen LogP contribution in [0.15, 0.2) is 24.5 Å². The molecule has 1 heterocycles. The van der Waals surface area contributed by atoms with Gasteiger partial charge in [0.1, 0.15) is 6.29 Å². The molecular formula is C11H12FNO2. The van der Waals surface area contributed by atoms with E-state index < -0.39 is 11.5 Å². The van der Waals surface area contributed by atoms with Crippen molar-refractivity contribution >= 4 is 12.1 Å². The Morgan fingerprint density at radius 2 is 2.13 bits per heavy atom. The van der Waals surface area contributed by atoms with Crippen LogP contribution >= 0.6 is 0 Å². The van der Waals surface area contributed by atoms with Crippen LogP contribution in [-0.4, -0.2) is 17.1 Å². The van der Waals surface area contributed by atoms with Crippen LogP contribution in [0.4, 0.5) is 4.39 Å². The van der Waals surface area contributed by atoms with Gasteiger partial charge in [-0.3, -0.25) is 9.78 Å². The number of Topliss-reactive ketones (excluding diaryl/α,β-unsaturated/α-hetero) is 1. The van der Waals surface area contributed by atoms with Crippen molar-refractivity contribution in [3.63, 3.8) is 0 Å². The first-order chi connectivity index (χ1) is 7.09. The van der Waals surface area contributed by atoms with Gasteiger partial charge in [0.15, 0.2) is 11.5 Å². The fourth-order valence-corrected chi connectivity index (χ4v) is 1.25.